The van der Waals surface area contributed by atoms with Gasteiger partial charge in [-0.05, 0) is 48.4 Å². The molecule has 118 valence electrons. The largest absolute Gasteiger partial charge is 0.496 e. The fraction of sp³-hybridized carbons (Fsp3) is 0.200. The Labute approximate surface area is 140 Å². The Kier molecular flexibility index (Phi) is 5.21. The van der Waals surface area contributed by atoms with Gasteiger partial charge in [-0.15, -0.1) is 0 Å². The molecule has 4 nitrogen and oxygen atoms in total. The molecule has 2 aromatic carbocycles. The van der Waals surface area contributed by atoms with E-state index in [-0.39, 0.29) is 15.6 Å². The molecule has 0 atom stereocenters. The van der Waals surface area contributed by atoms with E-state index in [9.17, 15) is 8.42 Å². The topological polar surface area (TPSA) is 55.4 Å². The van der Waals surface area contributed by atoms with Gasteiger partial charge in [0.25, 0.3) is 10.0 Å². The summed E-state index contributed by atoms with van der Waals surface area (Å²) in [5.74, 6) is 0.655. The predicted molar refractivity (Wildman–Crippen MR) is 89.6 cm³/mol. The molecule has 0 aromatic heterocycles. The lowest BCUT2D eigenvalue weighted by molar-refractivity contribution is 0.409. The van der Waals surface area contributed by atoms with E-state index in [2.05, 4.69) is 4.72 Å². The summed E-state index contributed by atoms with van der Waals surface area (Å²) in [7, 11) is -2.21. The maximum atomic E-state index is 12.5. The van der Waals surface area contributed by atoms with Crippen molar-refractivity contribution in [2.24, 2.45) is 0 Å². The Morgan fingerprint density at radius 2 is 1.86 bits per heavy atom. The summed E-state index contributed by atoms with van der Waals surface area (Å²) < 4.78 is 32.6. The van der Waals surface area contributed by atoms with Gasteiger partial charge >= 0.3 is 0 Å². The van der Waals surface area contributed by atoms with Gasteiger partial charge in [-0.3, -0.25) is 4.72 Å². The first kappa shape index (κ1) is 16.9. The number of rotatable bonds is 5. The van der Waals surface area contributed by atoms with Crippen LogP contribution in [0.3, 0.4) is 0 Å². The fourth-order valence-corrected chi connectivity index (χ4v) is 3.49. The predicted octanol–water partition coefficient (Wildman–Crippen LogP) is 4.37. The normalized spacial score (nSPS) is 11.3. The van der Waals surface area contributed by atoms with Crippen molar-refractivity contribution in [1.29, 1.82) is 0 Å². The highest BCUT2D eigenvalue weighted by atomic mass is 35.5. The third-order valence-electron chi connectivity index (χ3n) is 3.12. The maximum absolute atomic E-state index is 12.5. The first-order valence-electron chi connectivity index (χ1n) is 6.52. The lowest BCUT2D eigenvalue weighted by atomic mass is 10.1. The second-order valence-corrected chi connectivity index (χ2v) is 7.08. The van der Waals surface area contributed by atoms with E-state index in [4.69, 9.17) is 27.9 Å². The molecule has 0 saturated heterocycles. The van der Waals surface area contributed by atoms with Crippen LogP contribution in [0.4, 0.5) is 5.69 Å². The molecule has 0 unspecified atom stereocenters. The Morgan fingerprint density at radius 1 is 1.14 bits per heavy atom. The molecule has 22 heavy (non-hydrogen) atoms. The Morgan fingerprint density at radius 3 is 2.50 bits per heavy atom. The number of nitrogens with one attached hydrogen (secondary N) is 1. The molecule has 0 bridgehead atoms. The molecule has 0 saturated carbocycles. The number of hydrogen-bond acceptors (Lipinski definition) is 3. The number of methoxy groups -OCH3 is 1. The van der Waals surface area contributed by atoms with Crippen molar-refractivity contribution in [3.8, 4) is 5.75 Å². The van der Waals surface area contributed by atoms with Crippen molar-refractivity contribution >= 4 is 38.9 Å². The lowest BCUT2D eigenvalue weighted by Gasteiger charge is -2.12. The molecule has 7 heteroatoms. The molecular formula is C15H15Cl2NO3S. The highest BCUT2D eigenvalue weighted by molar-refractivity contribution is 7.92. The third kappa shape index (κ3) is 3.66. The highest BCUT2D eigenvalue weighted by Gasteiger charge is 2.17. The van der Waals surface area contributed by atoms with E-state index < -0.39 is 10.0 Å². The first-order chi connectivity index (χ1) is 10.4. The van der Waals surface area contributed by atoms with Crippen LogP contribution in [-0.2, 0) is 16.4 Å². The van der Waals surface area contributed by atoms with Crippen LogP contribution in [0.5, 0.6) is 5.75 Å². The van der Waals surface area contributed by atoms with Crippen LogP contribution in [0.1, 0.15) is 12.5 Å². The van der Waals surface area contributed by atoms with Gasteiger partial charge in [0.1, 0.15) is 5.75 Å². The molecule has 0 aliphatic heterocycles. The van der Waals surface area contributed by atoms with Crippen LogP contribution in [0.25, 0.3) is 0 Å². The minimum atomic E-state index is -3.76. The van der Waals surface area contributed by atoms with Crippen molar-refractivity contribution in [2.45, 2.75) is 18.2 Å². The summed E-state index contributed by atoms with van der Waals surface area (Å²) in [5.41, 5.74) is 1.05. The highest BCUT2D eigenvalue weighted by Crippen LogP contribution is 2.29. The molecule has 0 amide bonds. The van der Waals surface area contributed by atoms with Crippen LogP contribution in [0.15, 0.2) is 41.3 Å². The van der Waals surface area contributed by atoms with E-state index in [1.165, 1.54) is 18.2 Å². The number of sulfonamides is 1. The molecule has 1 N–H and O–H groups in total. The number of halogens is 2. The lowest BCUT2D eigenvalue weighted by Crippen LogP contribution is -2.13. The van der Waals surface area contributed by atoms with Crippen LogP contribution in [-0.4, -0.2) is 15.5 Å². The van der Waals surface area contributed by atoms with Crippen molar-refractivity contribution in [3.05, 3.63) is 52.0 Å². The Balaban J connectivity index is 2.40. The Hall–Kier alpha value is -1.43. The molecule has 0 aliphatic carbocycles. The summed E-state index contributed by atoms with van der Waals surface area (Å²) in [4.78, 5) is 0.140. The second kappa shape index (κ2) is 6.77. The van der Waals surface area contributed by atoms with Gasteiger partial charge in [0.15, 0.2) is 0 Å². The summed E-state index contributed by atoms with van der Waals surface area (Å²) in [6.45, 7) is 1.93. The Bertz CT molecular complexity index is 791. The molecule has 0 heterocycles. The summed E-state index contributed by atoms with van der Waals surface area (Å²) in [6.07, 6.45) is 0.657. The third-order valence-corrected chi connectivity index (χ3v) is 5.04. The van der Waals surface area contributed by atoms with E-state index >= 15 is 0 Å². The van der Waals surface area contributed by atoms with Crippen LogP contribution < -0.4 is 9.46 Å². The van der Waals surface area contributed by atoms with Crippen LogP contribution >= 0.6 is 23.2 Å². The summed E-state index contributed by atoms with van der Waals surface area (Å²) in [5, 5.41) is 0.670. The first-order valence-corrected chi connectivity index (χ1v) is 8.76. The van der Waals surface area contributed by atoms with Crippen molar-refractivity contribution in [2.75, 3.05) is 11.8 Å². The zero-order valence-corrected chi connectivity index (χ0v) is 14.4. The molecule has 2 rings (SSSR count). The number of ether oxygens (including phenoxy) is 1. The van der Waals surface area contributed by atoms with Gasteiger partial charge in [0, 0.05) is 5.02 Å². The maximum Gasteiger partial charge on any atom is 0.261 e. The molecular weight excluding hydrogens is 345 g/mol. The minimum Gasteiger partial charge on any atom is -0.496 e. The van der Waals surface area contributed by atoms with Crippen LogP contribution in [0.2, 0.25) is 10.0 Å². The summed E-state index contributed by atoms with van der Waals surface area (Å²) in [6, 6.07) is 9.29. The smallest absolute Gasteiger partial charge is 0.261 e. The van der Waals surface area contributed by atoms with E-state index in [1.54, 1.807) is 25.3 Å². The zero-order valence-electron chi connectivity index (χ0n) is 12.1. The molecule has 0 spiro atoms. The molecule has 2 aromatic rings. The standard InChI is InChI=1S/C15H15Cl2NO3S/c1-3-10-8-12(5-7-15(10)21-2)22(19,20)18-14-9-11(16)4-6-13(14)17/h4-9,18H,3H2,1-2H3. The monoisotopic (exact) mass is 359 g/mol. The molecule has 0 fully saturated rings. The van der Waals surface area contributed by atoms with Gasteiger partial charge in [-0.2, -0.15) is 0 Å². The van der Waals surface area contributed by atoms with Crippen LogP contribution in [0, 0.1) is 0 Å². The van der Waals surface area contributed by atoms with Crippen molar-refractivity contribution in [1.82, 2.24) is 0 Å². The summed E-state index contributed by atoms with van der Waals surface area (Å²) >= 11 is 11.9. The van der Waals surface area contributed by atoms with E-state index in [1.807, 2.05) is 6.92 Å². The molecule has 0 radical (unpaired) electrons. The number of aryl methyl sites for hydroxylation is 1. The van der Waals surface area contributed by atoms with Gasteiger partial charge in [-0.1, -0.05) is 30.1 Å². The van der Waals surface area contributed by atoms with Crippen molar-refractivity contribution < 1.29 is 13.2 Å². The van der Waals surface area contributed by atoms with Gasteiger partial charge in [0.05, 0.1) is 22.7 Å². The number of hydrogen-bond donors (Lipinski definition) is 1. The zero-order chi connectivity index (χ0) is 16.3. The van der Waals surface area contributed by atoms with Gasteiger partial charge < -0.3 is 4.74 Å². The van der Waals surface area contributed by atoms with Crippen molar-refractivity contribution in [3.63, 3.8) is 0 Å². The van der Waals surface area contributed by atoms with E-state index in [0.717, 1.165) is 5.56 Å². The fourth-order valence-electron chi connectivity index (χ4n) is 1.98. The quantitative estimate of drug-likeness (QED) is 0.862. The average Bonchev–Trinajstić information content (AvgIpc) is 2.49. The molecule has 0 aliphatic rings. The number of benzene rings is 2. The van der Waals surface area contributed by atoms with Gasteiger partial charge in [-0.25, -0.2) is 8.42 Å². The number of anilines is 1. The van der Waals surface area contributed by atoms with Gasteiger partial charge in [0.2, 0.25) is 0 Å². The second-order valence-electron chi connectivity index (χ2n) is 4.56. The minimum absolute atomic E-state index is 0.140. The average molecular weight is 360 g/mol. The van der Waals surface area contributed by atoms with E-state index in [0.29, 0.717) is 17.2 Å². The SMILES string of the molecule is CCc1cc(S(=O)(=O)Nc2cc(Cl)ccc2Cl)ccc1OC.